The van der Waals surface area contributed by atoms with Crippen LogP contribution < -0.4 is 15.2 Å². The summed E-state index contributed by atoms with van der Waals surface area (Å²) in [6.07, 6.45) is 0. The molecule has 0 amide bonds. The predicted molar refractivity (Wildman–Crippen MR) is 77.6 cm³/mol. The first-order valence-corrected chi connectivity index (χ1v) is 7.10. The lowest BCUT2D eigenvalue weighted by Crippen LogP contribution is -2.13. The van der Waals surface area contributed by atoms with Crippen LogP contribution in [-0.4, -0.2) is 14.2 Å². The van der Waals surface area contributed by atoms with Gasteiger partial charge in [-0.2, -0.15) is 11.3 Å². The van der Waals surface area contributed by atoms with Gasteiger partial charge in [0.25, 0.3) is 0 Å². The van der Waals surface area contributed by atoms with E-state index in [9.17, 15) is 0 Å². The van der Waals surface area contributed by atoms with E-state index in [2.05, 4.69) is 15.9 Å². The molecule has 5 heteroatoms. The topological polar surface area (TPSA) is 44.5 Å². The van der Waals surface area contributed by atoms with Crippen molar-refractivity contribution in [3.8, 4) is 11.5 Å². The van der Waals surface area contributed by atoms with Crippen LogP contribution in [0.5, 0.6) is 11.5 Å². The predicted octanol–water partition coefficient (Wildman–Crippen LogP) is 3.58. The normalized spacial score (nSPS) is 12.2. The second kappa shape index (κ2) is 5.73. The number of hydrogen-bond acceptors (Lipinski definition) is 4. The van der Waals surface area contributed by atoms with E-state index in [0.29, 0.717) is 0 Å². The summed E-state index contributed by atoms with van der Waals surface area (Å²) in [6.45, 7) is 0. The Labute approximate surface area is 119 Å². The Kier molecular flexibility index (Phi) is 4.27. The van der Waals surface area contributed by atoms with Crippen molar-refractivity contribution >= 4 is 27.3 Å². The van der Waals surface area contributed by atoms with Crippen molar-refractivity contribution in [1.82, 2.24) is 0 Å². The monoisotopic (exact) mass is 327 g/mol. The molecule has 0 saturated heterocycles. The van der Waals surface area contributed by atoms with Crippen molar-refractivity contribution in [2.24, 2.45) is 5.73 Å². The van der Waals surface area contributed by atoms with Crippen LogP contribution in [0.3, 0.4) is 0 Å². The summed E-state index contributed by atoms with van der Waals surface area (Å²) in [4.78, 5) is 0. The van der Waals surface area contributed by atoms with E-state index in [-0.39, 0.29) is 6.04 Å². The highest BCUT2D eigenvalue weighted by Gasteiger charge is 2.18. The minimum atomic E-state index is -0.240. The van der Waals surface area contributed by atoms with Crippen molar-refractivity contribution in [1.29, 1.82) is 0 Å². The summed E-state index contributed by atoms with van der Waals surface area (Å²) in [6, 6.07) is 5.40. The van der Waals surface area contributed by atoms with Crippen LogP contribution in [0.2, 0.25) is 0 Å². The first-order valence-electron chi connectivity index (χ1n) is 5.36. The lowest BCUT2D eigenvalue weighted by Gasteiger charge is -2.16. The molecule has 0 spiro atoms. The molecule has 0 aliphatic heterocycles. The van der Waals surface area contributed by atoms with E-state index in [0.717, 1.165) is 27.1 Å². The molecule has 2 rings (SSSR count). The van der Waals surface area contributed by atoms with Crippen molar-refractivity contribution in [3.05, 3.63) is 44.6 Å². The number of rotatable bonds is 4. The van der Waals surface area contributed by atoms with Crippen molar-refractivity contribution in [2.45, 2.75) is 6.04 Å². The molecule has 1 aromatic heterocycles. The van der Waals surface area contributed by atoms with Gasteiger partial charge in [-0.15, -0.1) is 0 Å². The number of ether oxygens (including phenoxy) is 2. The Morgan fingerprint density at radius 2 is 1.94 bits per heavy atom. The van der Waals surface area contributed by atoms with Gasteiger partial charge in [0.15, 0.2) is 0 Å². The van der Waals surface area contributed by atoms with Gasteiger partial charge in [0.1, 0.15) is 11.5 Å². The van der Waals surface area contributed by atoms with Crippen LogP contribution >= 0.6 is 27.3 Å². The van der Waals surface area contributed by atoms with Gasteiger partial charge >= 0.3 is 0 Å². The minimum Gasteiger partial charge on any atom is -0.497 e. The van der Waals surface area contributed by atoms with Gasteiger partial charge < -0.3 is 15.2 Å². The Morgan fingerprint density at radius 3 is 2.50 bits per heavy atom. The summed E-state index contributed by atoms with van der Waals surface area (Å²) in [5, 5.41) is 4.05. The maximum atomic E-state index is 6.30. The van der Waals surface area contributed by atoms with Gasteiger partial charge in [-0.25, -0.2) is 0 Å². The highest BCUT2D eigenvalue weighted by atomic mass is 79.9. The van der Waals surface area contributed by atoms with Crippen LogP contribution in [0, 0.1) is 0 Å². The lowest BCUT2D eigenvalue weighted by atomic mass is 10.0. The van der Waals surface area contributed by atoms with Crippen molar-refractivity contribution in [3.63, 3.8) is 0 Å². The summed E-state index contributed by atoms with van der Waals surface area (Å²) in [7, 11) is 3.28. The third-order valence-electron chi connectivity index (χ3n) is 2.75. The number of benzene rings is 1. The average Bonchev–Trinajstić information content (AvgIpc) is 2.83. The van der Waals surface area contributed by atoms with Gasteiger partial charge in [-0.3, -0.25) is 0 Å². The van der Waals surface area contributed by atoms with Gasteiger partial charge in [0.05, 0.1) is 20.3 Å². The molecule has 0 fully saturated rings. The smallest absolute Gasteiger partial charge is 0.124 e. The van der Waals surface area contributed by atoms with E-state index in [4.69, 9.17) is 15.2 Å². The molecule has 1 atom stereocenters. The van der Waals surface area contributed by atoms with Crippen LogP contribution in [0.15, 0.2) is 33.4 Å². The first kappa shape index (κ1) is 13.4. The van der Waals surface area contributed by atoms with Crippen LogP contribution in [-0.2, 0) is 0 Å². The summed E-state index contributed by atoms with van der Waals surface area (Å²) < 4.78 is 11.6. The number of nitrogens with two attached hydrogens (primary N) is 1. The average molecular weight is 328 g/mol. The molecule has 3 nitrogen and oxygen atoms in total. The first-order chi connectivity index (χ1) is 8.67. The molecule has 2 aromatic rings. The molecule has 18 heavy (non-hydrogen) atoms. The van der Waals surface area contributed by atoms with E-state index in [1.807, 2.05) is 29.0 Å². The Morgan fingerprint density at radius 1 is 1.17 bits per heavy atom. The summed E-state index contributed by atoms with van der Waals surface area (Å²) >= 11 is 5.12. The zero-order valence-electron chi connectivity index (χ0n) is 10.1. The third-order valence-corrected chi connectivity index (χ3v) is 4.50. The molecule has 1 aromatic carbocycles. The zero-order valence-corrected chi connectivity index (χ0v) is 12.5. The van der Waals surface area contributed by atoms with E-state index in [1.54, 1.807) is 25.6 Å². The molecule has 0 radical (unpaired) electrons. The Balaban J connectivity index is 2.45. The van der Waals surface area contributed by atoms with E-state index < -0.39 is 0 Å². The van der Waals surface area contributed by atoms with Crippen LogP contribution in [0.25, 0.3) is 0 Å². The number of methoxy groups -OCH3 is 2. The molecule has 96 valence electrons. The number of halogens is 1. The molecular formula is C13H14BrNO2S. The maximum absolute atomic E-state index is 6.30. The fourth-order valence-corrected chi connectivity index (χ4v) is 3.34. The number of thiophene rings is 1. The molecule has 0 bridgehead atoms. The molecule has 2 N–H and O–H groups in total. The van der Waals surface area contributed by atoms with Gasteiger partial charge in [0, 0.05) is 15.4 Å². The second-order valence-corrected chi connectivity index (χ2v) is 5.36. The van der Waals surface area contributed by atoms with E-state index >= 15 is 0 Å². The number of hydrogen-bond donors (Lipinski definition) is 1. The highest BCUT2D eigenvalue weighted by molar-refractivity contribution is 9.10. The van der Waals surface area contributed by atoms with Gasteiger partial charge in [-0.1, -0.05) is 0 Å². The van der Waals surface area contributed by atoms with Gasteiger partial charge in [0.2, 0.25) is 0 Å². The fraction of sp³-hybridized carbons (Fsp3) is 0.231. The van der Waals surface area contributed by atoms with Crippen LogP contribution in [0.4, 0.5) is 0 Å². The largest absolute Gasteiger partial charge is 0.497 e. The molecular weight excluding hydrogens is 314 g/mol. The zero-order chi connectivity index (χ0) is 13.1. The fourth-order valence-electron chi connectivity index (χ4n) is 1.76. The van der Waals surface area contributed by atoms with Crippen molar-refractivity contribution < 1.29 is 9.47 Å². The quantitative estimate of drug-likeness (QED) is 0.933. The van der Waals surface area contributed by atoms with Gasteiger partial charge in [-0.05, 0) is 45.1 Å². The Bertz CT molecular complexity index is 542. The second-order valence-electron chi connectivity index (χ2n) is 3.76. The molecule has 0 aliphatic carbocycles. The van der Waals surface area contributed by atoms with Crippen LogP contribution in [0.1, 0.15) is 17.2 Å². The molecule has 0 aliphatic rings. The SMILES string of the molecule is COc1ccc(OC)c(C(N)c2cscc2Br)c1. The summed E-state index contributed by atoms with van der Waals surface area (Å²) in [5.41, 5.74) is 8.26. The third kappa shape index (κ3) is 2.53. The minimum absolute atomic E-state index is 0.240. The Hall–Kier alpha value is -1.04. The molecule has 1 heterocycles. The molecule has 1 unspecified atom stereocenters. The molecule has 0 saturated carbocycles. The summed E-state index contributed by atoms with van der Waals surface area (Å²) in [5.74, 6) is 1.54. The lowest BCUT2D eigenvalue weighted by molar-refractivity contribution is 0.397. The van der Waals surface area contributed by atoms with E-state index in [1.165, 1.54) is 0 Å². The standard InChI is InChI=1S/C13H14BrNO2S/c1-16-8-3-4-12(17-2)9(5-8)13(15)10-6-18-7-11(10)14/h3-7,13H,15H2,1-2H3. The maximum Gasteiger partial charge on any atom is 0.124 e. The highest BCUT2D eigenvalue weighted by Crippen LogP contribution is 2.35. The van der Waals surface area contributed by atoms with Crippen molar-refractivity contribution in [2.75, 3.05) is 14.2 Å².